The number of rotatable bonds is 5. The molecule has 7 heteroatoms. The molecule has 0 heterocycles. The number of anilines is 2. The van der Waals surface area contributed by atoms with Gasteiger partial charge in [-0.25, -0.2) is 0 Å². The molecule has 0 aliphatic carbocycles. The second-order valence-electron chi connectivity index (χ2n) is 4.12. The molecule has 0 saturated carbocycles. The Hall–Kier alpha value is -1.98. The van der Waals surface area contributed by atoms with Crippen LogP contribution in [0.4, 0.5) is 17.1 Å². The molecular weight excluding hydrogens is 315 g/mol. The zero-order valence-corrected chi connectivity index (χ0v) is 12.6. The SMILES string of the molecule is CCOc1ccc(Nc2cc(Cl)c(Cl)cc2[N+](=O)[O-])cc1. The van der Waals surface area contributed by atoms with Crippen LogP contribution in [0.2, 0.25) is 10.0 Å². The van der Waals surface area contributed by atoms with E-state index in [4.69, 9.17) is 27.9 Å². The molecule has 0 atom stereocenters. The molecule has 0 aromatic heterocycles. The molecule has 1 N–H and O–H groups in total. The summed E-state index contributed by atoms with van der Waals surface area (Å²) in [5, 5.41) is 14.4. The Morgan fingerprint density at radius 2 is 1.81 bits per heavy atom. The van der Waals surface area contributed by atoms with Gasteiger partial charge in [-0.15, -0.1) is 0 Å². The predicted octanol–water partition coefficient (Wildman–Crippen LogP) is 5.04. The first kappa shape index (κ1) is 15.4. The number of nitrogens with zero attached hydrogens (tertiary/aromatic N) is 1. The second kappa shape index (κ2) is 6.65. The molecule has 5 nitrogen and oxygen atoms in total. The van der Waals surface area contributed by atoms with Gasteiger partial charge in [-0.1, -0.05) is 23.2 Å². The van der Waals surface area contributed by atoms with E-state index < -0.39 is 4.92 Å². The Kier molecular flexibility index (Phi) is 4.88. The number of benzene rings is 2. The van der Waals surface area contributed by atoms with E-state index in [9.17, 15) is 10.1 Å². The second-order valence-corrected chi connectivity index (χ2v) is 4.94. The van der Waals surface area contributed by atoms with Gasteiger partial charge in [0.15, 0.2) is 0 Å². The number of hydrogen-bond acceptors (Lipinski definition) is 4. The van der Waals surface area contributed by atoms with E-state index in [0.717, 1.165) is 5.75 Å². The summed E-state index contributed by atoms with van der Waals surface area (Å²) in [5.74, 6) is 0.728. The Bertz CT molecular complexity index is 660. The van der Waals surface area contributed by atoms with Crippen LogP contribution in [-0.2, 0) is 0 Å². The lowest BCUT2D eigenvalue weighted by Gasteiger charge is -2.09. The molecule has 21 heavy (non-hydrogen) atoms. The van der Waals surface area contributed by atoms with E-state index in [-0.39, 0.29) is 21.4 Å². The van der Waals surface area contributed by atoms with Crippen molar-refractivity contribution in [2.75, 3.05) is 11.9 Å². The van der Waals surface area contributed by atoms with Gasteiger partial charge >= 0.3 is 0 Å². The molecule has 0 aliphatic heterocycles. The molecule has 0 aliphatic rings. The summed E-state index contributed by atoms with van der Waals surface area (Å²) in [5.41, 5.74) is 0.816. The van der Waals surface area contributed by atoms with E-state index >= 15 is 0 Å². The summed E-state index contributed by atoms with van der Waals surface area (Å²) in [6, 6.07) is 9.72. The van der Waals surface area contributed by atoms with Gasteiger partial charge in [0.1, 0.15) is 11.4 Å². The standard InChI is InChI=1S/C14H12Cl2N2O3/c1-2-21-10-5-3-9(4-6-10)17-13-7-11(15)12(16)8-14(13)18(19)20/h3-8,17H,2H2,1H3. The molecule has 2 aromatic carbocycles. The Morgan fingerprint density at radius 3 is 2.38 bits per heavy atom. The van der Waals surface area contributed by atoms with E-state index in [2.05, 4.69) is 5.32 Å². The van der Waals surface area contributed by atoms with Gasteiger partial charge in [0.25, 0.3) is 5.69 Å². The van der Waals surface area contributed by atoms with Gasteiger partial charge in [-0.2, -0.15) is 0 Å². The zero-order valence-electron chi connectivity index (χ0n) is 11.1. The summed E-state index contributed by atoms with van der Waals surface area (Å²) in [7, 11) is 0. The molecule has 0 unspecified atom stereocenters. The van der Waals surface area contributed by atoms with Crippen LogP contribution in [0.15, 0.2) is 36.4 Å². The van der Waals surface area contributed by atoms with E-state index in [0.29, 0.717) is 12.3 Å². The van der Waals surface area contributed by atoms with Crippen molar-refractivity contribution < 1.29 is 9.66 Å². The Labute approximate surface area is 131 Å². The van der Waals surface area contributed by atoms with Crippen LogP contribution in [0.1, 0.15) is 6.92 Å². The maximum absolute atomic E-state index is 11.1. The lowest BCUT2D eigenvalue weighted by atomic mass is 10.2. The first-order chi connectivity index (χ1) is 10.0. The summed E-state index contributed by atoms with van der Waals surface area (Å²) in [6.45, 7) is 2.47. The van der Waals surface area contributed by atoms with Crippen LogP contribution >= 0.6 is 23.2 Å². The highest BCUT2D eigenvalue weighted by atomic mass is 35.5. The lowest BCUT2D eigenvalue weighted by molar-refractivity contribution is -0.383. The van der Waals surface area contributed by atoms with E-state index in [1.807, 2.05) is 6.92 Å². The average molecular weight is 327 g/mol. The minimum atomic E-state index is -0.515. The van der Waals surface area contributed by atoms with Crippen molar-refractivity contribution in [1.82, 2.24) is 0 Å². The maximum Gasteiger partial charge on any atom is 0.294 e. The first-order valence-electron chi connectivity index (χ1n) is 6.14. The number of ether oxygens (including phenoxy) is 1. The van der Waals surface area contributed by atoms with Crippen LogP contribution in [0.25, 0.3) is 0 Å². The highest BCUT2D eigenvalue weighted by Crippen LogP contribution is 2.35. The molecule has 0 saturated heterocycles. The topological polar surface area (TPSA) is 64.4 Å². The van der Waals surface area contributed by atoms with Crippen LogP contribution in [0, 0.1) is 10.1 Å². The maximum atomic E-state index is 11.1. The van der Waals surface area contributed by atoms with Gasteiger partial charge in [0.2, 0.25) is 0 Å². The summed E-state index contributed by atoms with van der Waals surface area (Å²) >= 11 is 11.7. The summed E-state index contributed by atoms with van der Waals surface area (Å²) in [6.07, 6.45) is 0. The van der Waals surface area contributed by atoms with Gasteiger partial charge in [0, 0.05) is 11.8 Å². The predicted molar refractivity (Wildman–Crippen MR) is 84.0 cm³/mol. The third-order valence-electron chi connectivity index (χ3n) is 2.68. The lowest BCUT2D eigenvalue weighted by Crippen LogP contribution is -1.98. The Morgan fingerprint density at radius 1 is 1.19 bits per heavy atom. The third kappa shape index (κ3) is 3.77. The minimum Gasteiger partial charge on any atom is -0.494 e. The minimum absolute atomic E-state index is 0.139. The zero-order chi connectivity index (χ0) is 15.4. The van der Waals surface area contributed by atoms with Crippen LogP contribution in [-0.4, -0.2) is 11.5 Å². The number of nitro benzene ring substituents is 1. The van der Waals surface area contributed by atoms with Crippen LogP contribution in [0.3, 0.4) is 0 Å². The summed E-state index contributed by atoms with van der Waals surface area (Å²) < 4.78 is 5.33. The fourth-order valence-electron chi connectivity index (χ4n) is 1.74. The molecule has 2 aromatic rings. The smallest absolute Gasteiger partial charge is 0.294 e. The van der Waals surface area contributed by atoms with Gasteiger partial charge in [-0.3, -0.25) is 10.1 Å². The monoisotopic (exact) mass is 326 g/mol. The molecule has 0 spiro atoms. The van der Waals surface area contributed by atoms with Gasteiger partial charge in [-0.05, 0) is 37.3 Å². The van der Waals surface area contributed by atoms with Crippen molar-refractivity contribution in [3.8, 4) is 5.75 Å². The van der Waals surface area contributed by atoms with Crippen molar-refractivity contribution in [3.05, 3.63) is 56.6 Å². The van der Waals surface area contributed by atoms with Crippen molar-refractivity contribution in [2.45, 2.75) is 6.92 Å². The van der Waals surface area contributed by atoms with Gasteiger partial charge < -0.3 is 10.1 Å². The average Bonchev–Trinajstić information content (AvgIpc) is 2.44. The molecule has 2 rings (SSSR count). The highest BCUT2D eigenvalue weighted by molar-refractivity contribution is 6.42. The molecule has 0 bridgehead atoms. The number of halogens is 2. The quantitative estimate of drug-likeness (QED) is 0.617. The number of nitro groups is 1. The van der Waals surface area contributed by atoms with E-state index in [1.165, 1.54) is 12.1 Å². The third-order valence-corrected chi connectivity index (χ3v) is 3.40. The fourth-order valence-corrected chi connectivity index (χ4v) is 2.07. The van der Waals surface area contributed by atoms with Gasteiger partial charge in [0.05, 0.1) is 21.6 Å². The molecule has 0 fully saturated rings. The van der Waals surface area contributed by atoms with Crippen LogP contribution in [0.5, 0.6) is 5.75 Å². The first-order valence-corrected chi connectivity index (χ1v) is 6.90. The van der Waals surface area contributed by atoms with Crippen molar-refractivity contribution in [1.29, 1.82) is 0 Å². The Balaban J connectivity index is 2.30. The molecule has 0 radical (unpaired) electrons. The molecular formula is C14H12Cl2N2O3. The highest BCUT2D eigenvalue weighted by Gasteiger charge is 2.17. The van der Waals surface area contributed by atoms with E-state index in [1.54, 1.807) is 24.3 Å². The van der Waals surface area contributed by atoms with Crippen molar-refractivity contribution in [2.24, 2.45) is 0 Å². The fraction of sp³-hybridized carbons (Fsp3) is 0.143. The van der Waals surface area contributed by atoms with Crippen molar-refractivity contribution >= 4 is 40.3 Å². The molecule has 0 amide bonds. The summed E-state index contributed by atoms with van der Waals surface area (Å²) in [4.78, 5) is 10.5. The number of hydrogen-bond donors (Lipinski definition) is 1. The largest absolute Gasteiger partial charge is 0.494 e. The van der Waals surface area contributed by atoms with Crippen LogP contribution < -0.4 is 10.1 Å². The normalized spacial score (nSPS) is 10.2. The van der Waals surface area contributed by atoms with Crippen molar-refractivity contribution in [3.63, 3.8) is 0 Å². The number of nitrogens with one attached hydrogen (secondary N) is 1. The molecule has 110 valence electrons.